The number of carbonyl (C=O) groups excluding carboxylic acids is 2. The first kappa shape index (κ1) is 25.3. The van der Waals surface area contributed by atoms with Crippen LogP contribution in [0.15, 0.2) is 29.2 Å². The second kappa shape index (κ2) is 10.1. The van der Waals surface area contributed by atoms with Crippen molar-refractivity contribution in [3.05, 3.63) is 29.8 Å². The van der Waals surface area contributed by atoms with Crippen molar-refractivity contribution >= 4 is 31.7 Å². The normalized spacial score (nSPS) is 18.3. The molecule has 1 aromatic carbocycles. The minimum Gasteiger partial charge on any atom is -0.455 e. The predicted molar refractivity (Wildman–Crippen MR) is 116 cm³/mol. The minimum atomic E-state index is -3.88. The number of ether oxygens (including phenoxy) is 1. The Bertz CT molecular complexity index is 1000. The Hall–Kier alpha value is -1.98. The van der Waals surface area contributed by atoms with Gasteiger partial charge in [-0.3, -0.25) is 9.59 Å². The average molecular weight is 475 g/mol. The average Bonchev–Trinajstić information content (AvgIpc) is 3.03. The number of amides is 1. The molecule has 1 heterocycles. The molecule has 1 fully saturated rings. The van der Waals surface area contributed by atoms with Gasteiger partial charge in [0.15, 0.2) is 16.4 Å². The van der Waals surface area contributed by atoms with Crippen LogP contribution in [0.5, 0.6) is 0 Å². The fourth-order valence-corrected chi connectivity index (χ4v) is 6.14. The molecule has 9 nitrogen and oxygen atoms in total. The highest BCUT2D eigenvalue weighted by Gasteiger charge is 2.35. The number of hydrogen-bond donors (Lipinski definition) is 0. The molecule has 1 unspecified atom stereocenters. The summed E-state index contributed by atoms with van der Waals surface area (Å²) in [6.45, 7) is 4.86. The Morgan fingerprint density at radius 2 is 1.81 bits per heavy atom. The molecule has 0 aromatic heterocycles. The molecule has 1 aliphatic rings. The smallest absolute Gasteiger partial charge is 0.321 e. The summed E-state index contributed by atoms with van der Waals surface area (Å²) in [4.78, 5) is 26.3. The van der Waals surface area contributed by atoms with Crippen LogP contribution in [0.3, 0.4) is 0 Å². The van der Waals surface area contributed by atoms with E-state index in [0.29, 0.717) is 13.0 Å². The van der Waals surface area contributed by atoms with Crippen LogP contribution in [-0.2, 0) is 34.2 Å². The molecule has 1 amide bonds. The Balaban J connectivity index is 1.96. The SMILES string of the molecule is Cc1ccc(S(=O)(=O)N(C)CC(=O)OCC(=O)N(CC(C)C)C2CCS(=O)(=O)C2)cc1. The molecule has 0 spiro atoms. The number of hydrogen-bond acceptors (Lipinski definition) is 7. The summed E-state index contributed by atoms with van der Waals surface area (Å²) in [5, 5.41) is 0. The first-order valence-electron chi connectivity index (χ1n) is 10.0. The summed E-state index contributed by atoms with van der Waals surface area (Å²) in [6.07, 6.45) is 0.353. The van der Waals surface area contributed by atoms with Gasteiger partial charge in [-0.25, -0.2) is 16.8 Å². The van der Waals surface area contributed by atoms with E-state index in [1.54, 1.807) is 12.1 Å². The standard InChI is InChI=1S/C20H30N2O7S2/c1-15(2)11-22(17-9-10-30(25,26)14-17)19(23)13-29-20(24)12-21(4)31(27,28)18-7-5-16(3)6-8-18/h5-8,15,17H,9-14H2,1-4H3. The Morgan fingerprint density at radius 3 is 2.32 bits per heavy atom. The maximum Gasteiger partial charge on any atom is 0.321 e. The number of nitrogens with zero attached hydrogens (tertiary/aromatic N) is 2. The van der Waals surface area contributed by atoms with Crippen LogP contribution in [0.4, 0.5) is 0 Å². The zero-order valence-corrected chi connectivity index (χ0v) is 19.9. The van der Waals surface area contributed by atoms with Gasteiger partial charge in [0.1, 0.15) is 6.54 Å². The van der Waals surface area contributed by atoms with Crippen LogP contribution >= 0.6 is 0 Å². The Morgan fingerprint density at radius 1 is 1.19 bits per heavy atom. The highest BCUT2D eigenvalue weighted by molar-refractivity contribution is 7.91. The number of likely N-dealkylation sites (N-methyl/N-ethyl adjacent to an activating group) is 1. The number of rotatable bonds is 9. The van der Waals surface area contributed by atoms with Crippen LogP contribution in [0, 0.1) is 12.8 Å². The molecule has 1 atom stereocenters. The molecule has 1 saturated heterocycles. The van der Waals surface area contributed by atoms with Gasteiger partial charge in [0.2, 0.25) is 10.0 Å². The zero-order valence-electron chi connectivity index (χ0n) is 18.3. The van der Waals surface area contributed by atoms with E-state index < -0.39 is 50.9 Å². The molecule has 0 saturated carbocycles. The lowest BCUT2D eigenvalue weighted by Gasteiger charge is -2.29. The molecule has 0 aliphatic carbocycles. The number of carbonyl (C=O) groups is 2. The topological polar surface area (TPSA) is 118 Å². The van der Waals surface area contributed by atoms with Crippen molar-refractivity contribution in [1.29, 1.82) is 0 Å². The lowest BCUT2D eigenvalue weighted by atomic mass is 10.1. The summed E-state index contributed by atoms with van der Waals surface area (Å²) in [5.74, 6) is -1.32. The van der Waals surface area contributed by atoms with Crippen molar-refractivity contribution < 1.29 is 31.2 Å². The van der Waals surface area contributed by atoms with E-state index in [4.69, 9.17) is 4.74 Å². The van der Waals surface area contributed by atoms with E-state index in [9.17, 15) is 26.4 Å². The Kier molecular flexibility index (Phi) is 8.23. The molecule has 31 heavy (non-hydrogen) atoms. The highest BCUT2D eigenvalue weighted by atomic mass is 32.2. The van der Waals surface area contributed by atoms with Gasteiger partial charge in [0.25, 0.3) is 5.91 Å². The van der Waals surface area contributed by atoms with Crippen molar-refractivity contribution in [2.75, 3.05) is 38.2 Å². The number of aryl methyl sites for hydroxylation is 1. The third-order valence-corrected chi connectivity index (χ3v) is 8.54. The van der Waals surface area contributed by atoms with Crippen molar-refractivity contribution in [1.82, 2.24) is 9.21 Å². The number of sulfone groups is 1. The molecule has 1 aliphatic heterocycles. The third-order valence-electron chi connectivity index (χ3n) is 4.97. The van der Waals surface area contributed by atoms with E-state index in [0.717, 1.165) is 9.87 Å². The second-order valence-corrected chi connectivity index (χ2v) is 12.5. The summed E-state index contributed by atoms with van der Waals surface area (Å²) in [6, 6.07) is 5.78. The van der Waals surface area contributed by atoms with Crippen LogP contribution in [-0.4, -0.2) is 82.2 Å². The molecule has 0 radical (unpaired) electrons. The fourth-order valence-electron chi connectivity index (χ4n) is 3.30. The van der Waals surface area contributed by atoms with E-state index >= 15 is 0 Å². The molecule has 0 N–H and O–H groups in total. The molecule has 2 rings (SSSR count). The van der Waals surface area contributed by atoms with Crippen LogP contribution < -0.4 is 0 Å². The van der Waals surface area contributed by atoms with E-state index in [1.165, 1.54) is 24.1 Å². The maximum atomic E-state index is 12.6. The molecular weight excluding hydrogens is 444 g/mol. The van der Waals surface area contributed by atoms with Crippen molar-refractivity contribution in [3.63, 3.8) is 0 Å². The highest BCUT2D eigenvalue weighted by Crippen LogP contribution is 2.19. The van der Waals surface area contributed by atoms with Crippen molar-refractivity contribution in [2.45, 2.75) is 38.1 Å². The van der Waals surface area contributed by atoms with Gasteiger partial charge in [-0.05, 0) is 31.4 Å². The Labute approximate surface area is 184 Å². The zero-order chi connectivity index (χ0) is 23.4. The summed E-state index contributed by atoms with van der Waals surface area (Å²) >= 11 is 0. The minimum absolute atomic E-state index is 0.0288. The third kappa shape index (κ3) is 7.01. The lowest BCUT2D eigenvalue weighted by Crippen LogP contribution is -2.45. The van der Waals surface area contributed by atoms with Crippen LogP contribution in [0.2, 0.25) is 0 Å². The maximum absolute atomic E-state index is 12.6. The lowest BCUT2D eigenvalue weighted by molar-refractivity contribution is -0.153. The largest absolute Gasteiger partial charge is 0.455 e. The van der Waals surface area contributed by atoms with Gasteiger partial charge in [0, 0.05) is 19.6 Å². The van der Waals surface area contributed by atoms with E-state index in [-0.39, 0.29) is 22.3 Å². The van der Waals surface area contributed by atoms with Crippen LogP contribution in [0.25, 0.3) is 0 Å². The van der Waals surface area contributed by atoms with Gasteiger partial charge in [-0.15, -0.1) is 0 Å². The van der Waals surface area contributed by atoms with Gasteiger partial charge in [-0.1, -0.05) is 31.5 Å². The van der Waals surface area contributed by atoms with E-state index in [1.807, 2.05) is 20.8 Å². The molecule has 174 valence electrons. The molecule has 1 aromatic rings. The summed E-state index contributed by atoms with van der Waals surface area (Å²) in [5.41, 5.74) is 0.903. The predicted octanol–water partition coefficient (Wildman–Crippen LogP) is 0.830. The summed E-state index contributed by atoms with van der Waals surface area (Å²) in [7, 11) is -5.80. The van der Waals surface area contributed by atoms with Crippen LogP contribution in [0.1, 0.15) is 25.8 Å². The number of esters is 1. The van der Waals surface area contributed by atoms with Gasteiger partial charge in [-0.2, -0.15) is 4.31 Å². The van der Waals surface area contributed by atoms with Gasteiger partial charge < -0.3 is 9.64 Å². The quantitative estimate of drug-likeness (QED) is 0.487. The summed E-state index contributed by atoms with van der Waals surface area (Å²) < 4.78 is 54.6. The first-order valence-corrected chi connectivity index (χ1v) is 13.3. The van der Waals surface area contributed by atoms with Crippen molar-refractivity contribution in [3.8, 4) is 0 Å². The van der Waals surface area contributed by atoms with Crippen molar-refractivity contribution in [2.24, 2.45) is 5.92 Å². The van der Waals surface area contributed by atoms with Gasteiger partial charge in [0.05, 0.1) is 16.4 Å². The second-order valence-electron chi connectivity index (χ2n) is 8.23. The van der Waals surface area contributed by atoms with Gasteiger partial charge >= 0.3 is 5.97 Å². The number of sulfonamides is 1. The first-order chi connectivity index (χ1) is 14.3. The van der Waals surface area contributed by atoms with E-state index in [2.05, 4.69) is 0 Å². The molecule has 0 bridgehead atoms. The molecule has 11 heteroatoms. The molecular formula is C20H30N2O7S2. The number of benzene rings is 1. The fraction of sp³-hybridized carbons (Fsp3) is 0.600. The monoisotopic (exact) mass is 474 g/mol.